The van der Waals surface area contributed by atoms with Crippen LogP contribution in [-0.2, 0) is 4.79 Å². The topological polar surface area (TPSA) is 90.8 Å². The molecule has 0 amide bonds. The van der Waals surface area contributed by atoms with Crippen molar-refractivity contribution < 1.29 is 14.7 Å². The molecule has 0 radical (unpaired) electrons. The second-order valence-corrected chi connectivity index (χ2v) is 6.26. The molecule has 2 aromatic carbocycles. The third-order valence-corrected chi connectivity index (χ3v) is 4.06. The third-order valence-electron chi connectivity index (χ3n) is 4.06. The highest BCUT2D eigenvalue weighted by atomic mass is 16.4. The highest BCUT2D eigenvalue weighted by Gasteiger charge is 2.05. The van der Waals surface area contributed by atoms with Gasteiger partial charge in [-0.3, -0.25) is 9.79 Å². The predicted octanol–water partition coefficient (Wildman–Crippen LogP) is 3.44. The van der Waals surface area contributed by atoms with Crippen molar-refractivity contribution in [1.82, 2.24) is 5.32 Å². The number of carbonyl (C=O) groups excluding carboxylic acids is 1. The number of allylic oxidation sites excluding steroid dienone is 1. The summed E-state index contributed by atoms with van der Waals surface area (Å²) >= 11 is 0. The minimum Gasteiger partial charge on any atom is -0.478 e. The van der Waals surface area contributed by atoms with Gasteiger partial charge in [0.2, 0.25) is 0 Å². The Hall–Kier alpha value is -3.67. The van der Waals surface area contributed by atoms with Gasteiger partial charge in [-0.25, -0.2) is 4.79 Å². The molecule has 0 bridgehead atoms. The van der Waals surface area contributed by atoms with Gasteiger partial charge >= 0.3 is 5.97 Å². The van der Waals surface area contributed by atoms with Gasteiger partial charge in [-0.15, -0.1) is 0 Å². The molecule has 1 heterocycles. The SMILES string of the molecule is O=C(O)/C=C/c1cccc(C(=O)/C=C/c2cccc(NC3=NCCCN3)c2)c1. The average Bonchev–Trinajstić information content (AvgIpc) is 2.72. The largest absolute Gasteiger partial charge is 0.478 e. The molecule has 1 aliphatic rings. The fourth-order valence-electron chi connectivity index (χ4n) is 2.70. The second kappa shape index (κ2) is 9.32. The standard InChI is InChI=1S/C22H21N3O3/c26-20(18-6-1-4-16(14-18)9-11-21(27)28)10-8-17-5-2-7-19(15-17)25-22-23-12-3-13-24-22/h1-2,4-11,14-15H,3,12-13H2,(H,27,28)(H2,23,24,25)/b10-8+,11-9+. The average molecular weight is 375 g/mol. The predicted molar refractivity (Wildman–Crippen MR) is 111 cm³/mol. The third kappa shape index (κ3) is 5.67. The summed E-state index contributed by atoms with van der Waals surface area (Å²) in [5, 5.41) is 15.1. The van der Waals surface area contributed by atoms with E-state index in [0.29, 0.717) is 11.1 Å². The van der Waals surface area contributed by atoms with Gasteiger partial charge in [-0.1, -0.05) is 36.4 Å². The molecule has 0 aromatic heterocycles. The molecule has 3 N–H and O–H groups in total. The Bertz CT molecular complexity index is 961. The van der Waals surface area contributed by atoms with Gasteiger partial charge in [0.25, 0.3) is 0 Å². The number of aliphatic carboxylic acids is 1. The lowest BCUT2D eigenvalue weighted by Gasteiger charge is -2.16. The molecule has 28 heavy (non-hydrogen) atoms. The highest BCUT2D eigenvalue weighted by Crippen LogP contribution is 2.14. The summed E-state index contributed by atoms with van der Waals surface area (Å²) in [6.45, 7) is 1.71. The van der Waals surface area contributed by atoms with Crippen LogP contribution in [0.4, 0.5) is 5.69 Å². The van der Waals surface area contributed by atoms with Gasteiger partial charge in [-0.2, -0.15) is 0 Å². The van der Waals surface area contributed by atoms with Gasteiger partial charge in [0.1, 0.15) is 0 Å². The van der Waals surface area contributed by atoms with E-state index in [1.54, 1.807) is 30.3 Å². The van der Waals surface area contributed by atoms with Crippen LogP contribution < -0.4 is 10.6 Å². The maximum Gasteiger partial charge on any atom is 0.328 e. The second-order valence-electron chi connectivity index (χ2n) is 6.26. The van der Waals surface area contributed by atoms with Crippen LogP contribution in [0.1, 0.15) is 27.9 Å². The van der Waals surface area contributed by atoms with Crippen LogP contribution in [0.25, 0.3) is 12.2 Å². The molecule has 142 valence electrons. The van der Waals surface area contributed by atoms with Crippen LogP contribution in [0.3, 0.4) is 0 Å². The lowest BCUT2D eigenvalue weighted by atomic mass is 10.1. The van der Waals surface area contributed by atoms with E-state index in [1.807, 2.05) is 24.3 Å². The Morgan fingerprint density at radius 1 is 1.04 bits per heavy atom. The number of nitrogens with zero attached hydrogens (tertiary/aromatic N) is 1. The number of carboxylic acids is 1. The molecule has 0 saturated heterocycles. The first-order valence-corrected chi connectivity index (χ1v) is 8.99. The van der Waals surface area contributed by atoms with Crippen molar-refractivity contribution in [3.63, 3.8) is 0 Å². The number of ketones is 1. The fourth-order valence-corrected chi connectivity index (χ4v) is 2.70. The van der Waals surface area contributed by atoms with E-state index in [2.05, 4.69) is 15.6 Å². The molecule has 6 heteroatoms. The zero-order valence-electron chi connectivity index (χ0n) is 15.3. The van der Waals surface area contributed by atoms with Crippen LogP contribution in [-0.4, -0.2) is 35.9 Å². The van der Waals surface area contributed by atoms with Crippen molar-refractivity contribution in [2.75, 3.05) is 18.4 Å². The Labute approximate surface area is 163 Å². The van der Waals surface area contributed by atoms with Crippen molar-refractivity contribution in [3.8, 4) is 0 Å². The first-order chi connectivity index (χ1) is 13.6. The van der Waals surface area contributed by atoms with E-state index in [1.165, 1.54) is 12.2 Å². The van der Waals surface area contributed by atoms with Gasteiger partial charge < -0.3 is 15.7 Å². The number of anilines is 1. The molecule has 6 nitrogen and oxygen atoms in total. The Balaban J connectivity index is 1.69. The summed E-state index contributed by atoms with van der Waals surface area (Å²) in [4.78, 5) is 27.4. The number of carboxylic acid groups (broad SMARTS) is 1. The fraction of sp³-hybridized carbons (Fsp3) is 0.136. The molecule has 0 fully saturated rings. The number of rotatable bonds is 6. The van der Waals surface area contributed by atoms with E-state index in [-0.39, 0.29) is 5.78 Å². The minimum absolute atomic E-state index is 0.151. The molecule has 0 spiro atoms. The van der Waals surface area contributed by atoms with Crippen LogP contribution in [0.5, 0.6) is 0 Å². The van der Waals surface area contributed by atoms with Gasteiger partial charge in [0, 0.05) is 30.4 Å². The summed E-state index contributed by atoms with van der Waals surface area (Å²) in [7, 11) is 0. The first-order valence-electron chi connectivity index (χ1n) is 8.99. The smallest absolute Gasteiger partial charge is 0.328 e. The quantitative estimate of drug-likeness (QED) is 0.531. The number of benzene rings is 2. The van der Waals surface area contributed by atoms with Gasteiger partial charge in [0.15, 0.2) is 11.7 Å². The summed E-state index contributed by atoms with van der Waals surface area (Å²) in [6, 6.07) is 14.5. The van der Waals surface area contributed by atoms with Crippen LogP contribution in [0.15, 0.2) is 65.7 Å². The minimum atomic E-state index is -1.03. The Morgan fingerprint density at radius 3 is 2.54 bits per heavy atom. The first kappa shape index (κ1) is 19.1. The lowest BCUT2D eigenvalue weighted by Crippen LogP contribution is -2.35. The number of carbonyl (C=O) groups is 2. The van der Waals surface area contributed by atoms with E-state index in [9.17, 15) is 9.59 Å². The zero-order chi connectivity index (χ0) is 19.8. The summed E-state index contributed by atoms with van der Waals surface area (Å²) < 4.78 is 0. The van der Waals surface area contributed by atoms with E-state index in [4.69, 9.17) is 5.11 Å². The van der Waals surface area contributed by atoms with Crippen molar-refractivity contribution in [3.05, 3.63) is 77.4 Å². The van der Waals surface area contributed by atoms with Gasteiger partial charge in [0.05, 0.1) is 0 Å². The molecule has 0 saturated carbocycles. The number of aliphatic imine (C=N–C) groups is 1. The van der Waals surface area contributed by atoms with Crippen LogP contribution in [0.2, 0.25) is 0 Å². The van der Waals surface area contributed by atoms with E-state index >= 15 is 0 Å². The molecule has 0 unspecified atom stereocenters. The molecular weight excluding hydrogens is 354 g/mol. The zero-order valence-corrected chi connectivity index (χ0v) is 15.3. The van der Waals surface area contributed by atoms with Crippen LogP contribution >= 0.6 is 0 Å². The molecule has 2 aromatic rings. The maximum absolute atomic E-state index is 12.4. The van der Waals surface area contributed by atoms with Crippen molar-refractivity contribution >= 4 is 35.6 Å². The number of nitrogens with one attached hydrogen (secondary N) is 2. The van der Waals surface area contributed by atoms with Gasteiger partial charge in [-0.05, 0) is 47.9 Å². The van der Waals surface area contributed by atoms with E-state index in [0.717, 1.165) is 42.8 Å². The monoisotopic (exact) mass is 375 g/mol. The van der Waals surface area contributed by atoms with Crippen LogP contribution in [0, 0.1) is 0 Å². The molecular formula is C22H21N3O3. The number of hydrogen-bond donors (Lipinski definition) is 3. The number of hydrogen-bond acceptors (Lipinski definition) is 5. The lowest BCUT2D eigenvalue weighted by molar-refractivity contribution is -0.131. The Kier molecular flexibility index (Phi) is 6.36. The molecule has 0 aliphatic carbocycles. The van der Waals surface area contributed by atoms with Crippen molar-refractivity contribution in [2.45, 2.75) is 6.42 Å². The molecule has 1 aliphatic heterocycles. The summed E-state index contributed by atoms with van der Waals surface area (Å²) in [5.74, 6) is -0.420. The van der Waals surface area contributed by atoms with Crippen molar-refractivity contribution in [1.29, 1.82) is 0 Å². The molecule has 0 atom stereocenters. The Morgan fingerprint density at radius 2 is 1.79 bits per heavy atom. The van der Waals surface area contributed by atoms with E-state index < -0.39 is 5.97 Å². The normalized spacial score (nSPS) is 13.9. The highest BCUT2D eigenvalue weighted by molar-refractivity contribution is 6.07. The van der Waals surface area contributed by atoms with Crippen molar-refractivity contribution in [2.24, 2.45) is 4.99 Å². The number of guanidine groups is 1. The summed E-state index contributed by atoms with van der Waals surface area (Å²) in [6.07, 6.45) is 6.80. The molecule has 3 rings (SSSR count). The summed E-state index contributed by atoms with van der Waals surface area (Å²) in [5.41, 5.74) is 2.94. The maximum atomic E-state index is 12.4.